The molecule has 0 N–H and O–H groups in total. The molecule has 0 fully saturated rings. The van der Waals surface area contributed by atoms with E-state index in [0.717, 1.165) is 11.6 Å². The summed E-state index contributed by atoms with van der Waals surface area (Å²) in [5.41, 5.74) is 2.04. The number of rotatable bonds is 2. The highest BCUT2D eigenvalue weighted by Crippen LogP contribution is 2.40. The van der Waals surface area contributed by atoms with Crippen LogP contribution in [0.2, 0.25) is 5.02 Å². The summed E-state index contributed by atoms with van der Waals surface area (Å²) in [6.07, 6.45) is 1.65. The molecule has 0 spiro atoms. The SMILES string of the molecule is C=C1C(C#N)=CC(C)=C(c2nn(C)c(C(C)(F)F)c2Cl)N1C. The Balaban J connectivity index is 2.70. The van der Waals surface area contributed by atoms with E-state index in [9.17, 15) is 8.78 Å². The predicted octanol–water partition coefficient (Wildman–Crippen LogP) is 3.83. The van der Waals surface area contributed by atoms with Gasteiger partial charge in [0.15, 0.2) is 0 Å². The first-order valence-electron chi connectivity index (χ1n) is 6.46. The Kier molecular flexibility index (Phi) is 3.88. The summed E-state index contributed by atoms with van der Waals surface area (Å²) >= 11 is 6.16. The van der Waals surface area contributed by atoms with Gasteiger partial charge in [-0.25, -0.2) is 0 Å². The number of alkyl halides is 2. The number of nitriles is 1. The maximum atomic E-state index is 13.7. The van der Waals surface area contributed by atoms with Gasteiger partial charge in [-0.2, -0.15) is 19.1 Å². The van der Waals surface area contributed by atoms with Gasteiger partial charge in [0.1, 0.15) is 17.5 Å². The van der Waals surface area contributed by atoms with Crippen LogP contribution in [0, 0.1) is 11.3 Å². The van der Waals surface area contributed by atoms with E-state index in [1.807, 2.05) is 6.07 Å². The second-order valence-electron chi connectivity index (χ2n) is 5.23. The third-order valence-electron chi connectivity index (χ3n) is 3.54. The normalized spacial score (nSPS) is 16.0. The second kappa shape index (κ2) is 5.25. The summed E-state index contributed by atoms with van der Waals surface area (Å²) in [5.74, 6) is -3.11. The Morgan fingerprint density at radius 3 is 2.45 bits per heavy atom. The summed E-state index contributed by atoms with van der Waals surface area (Å²) in [6.45, 7) is 6.38. The Hall–Kier alpha value is -2.13. The van der Waals surface area contributed by atoms with Crippen LogP contribution in [0.1, 0.15) is 25.2 Å². The molecule has 1 aliphatic heterocycles. The van der Waals surface area contributed by atoms with Crippen LogP contribution in [0.25, 0.3) is 5.70 Å². The lowest BCUT2D eigenvalue weighted by Gasteiger charge is -2.28. The lowest BCUT2D eigenvalue weighted by Crippen LogP contribution is -2.21. The van der Waals surface area contributed by atoms with E-state index in [2.05, 4.69) is 11.7 Å². The molecule has 1 aliphatic rings. The molecule has 0 atom stereocenters. The molecule has 7 heteroatoms. The third kappa shape index (κ3) is 2.42. The zero-order valence-corrected chi connectivity index (χ0v) is 13.5. The molecule has 22 heavy (non-hydrogen) atoms. The molecule has 2 heterocycles. The van der Waals surface area contributed by atoms with E-state index in [-0.39, 0.29) is 16.4 Å². The van der Waals surface area contributed by atoms with Crippen molar-refractivity contribution in [2.24, 2.45) is 7.05 Å². The van der Waals surface area contributed by atoms with Gasteiger partial charge in [-0.3, -0.25) is 4.68 Å². The van der Waals surface area contributed by atoms with E-state index < -0.39 is 5.92 Å². The van der Waals surface area contributed by atoms with Crippen molar-refractivity contribution in [1.29, 1.82) is 5.26 Å². The first kappa shape index (κ1) is 16.2. The van der Waals surface area contributed by atoms with Gasteiger partial charge in [0.25, 0.3) is 5.92 Å². The summed E-state index contributed by atoms with van der Waals surface area (Å²) in [6, 6.07) is 2.05. The van der Waals surface area contributed by atoms with Crippen molar-refractivity contribution in [3.05, 3.63) is 45.9 Å². The molecular weight excluding hydrogens is 310 g/mol. The van der Waals surface area contributed by atoms with Crippen LogP contribution >= 0.6 is 11.6 Å². The molecule has 0 saturated heterocycles. The number of aryl methyl sites for hydroxylation is 1. The molecule has 0 saturated carbocycles. The van der Waals surface area contributed by atoms with Crippen LogP contribution < -0.4 is 0 Å². The summed E-state index contributed by atoms with van der Waals surface area (Å²) < 4.78 is 28.5. The minimum Gasteiger partial charge on any atom is -0.342 e. The van der Waals surface area contributed by atoms with Crippen LogP contribution in [0.3, 0.4) is 0 Å². The molecule has 0 amide bonds. The fraction of sp³-hybridized carbons (Fsp3) is 0.333. The van der Waals surface area contributed by atoms with Crippen LogP contribution in [0.15, 0.2) is 29.5 Å². The summed E-state index contributed by atoms with van der Waals surface area (Å²) in [5, 5.41) is 13.1. The number of hydrogen-bond donors (Lipinski definition) is 0. The predicted molar refractivity (Wildman–Crippen MR) is 81.0 cm³/mol. The van der Waals surface area contributed by atoms with Crippen molar-refractivity contribution in [3.63, 3.8) is 0 Å². The van der Waals surface area contributed by atoms with Crippen LogP contribution in [-0.2, 0) is 13.0 Å². The van der Waals surface area contributed by atoms with Gasteiger partial charge in [0, 0.05) is 21.0 Å². The van der Waals surface area contributed by atoms with E-state index in [4.69, 9.17) is 16.9 Å². The largest absolute Gasteiger partial charge is 0.342 e. The molecule has 0 bridgehead atoms. The van der Waals surface area contributed by atoms with Gasteiger partial charge in [-0.1, -0.05) is 18.2 Å². The van der Waals surface area contributed by atoms with Gasteiger partial charge in [0.05, 0.1) is 22.0 Å². The molecule has 0 radical (unpaired) electrons. The molecular formula is C15H15ClF2N4. The van der Waals surface area contributed by atoms with Crippen molar-refractivity contribution in [2.75, 3.05) is 7.05 Å². The first-order valence-corrected chi connectivity index (χ1v) is 6.84. The number of hydrogen-bond acceptors (Lipinski definition) is 3. The quantitative estimate of drug-likeness (QED) is 0.830. The minimum absolute atomic E-state index is 0.0993. The average molecular weight is 325 g/mol. The lowest BCUT2D eigenvalue weighted by atomic mass is 10.0. The van der Waals surface area contributed by atoms with Crippen LogP contribution in [0.5, 0.6) is 0 Å². The van der Waals surface area contributed by atoms with Crippen molar-refractivity contribution in [3.8, 4) is 6.07 Å². The highest BCUT2D eigenvalue weighted by molar-refractivity contribution is 6.33. The summed E-state index contributed by atoms with van der Waals surface area (Å²) in [4.78, 5) is 1.64. The second-order valence-corrected chi connectivity index (χ2v) is 5.61. The van der Waals surface area contributed by atoms with Gasteiger partial charge >= 0.3 is 0 Å². The van der Waals surface area contributed by atoms with Gasteiger partial charge in [-0.15, -0.1) is 0 Å². The number of likely N-dealkylation sites (N-methyl/N-ethyl adjacent to an activating group) is 1. The van der Waals surface area contributed by atoms with Crippen LogP contribution in [-0.4, -0.2) is 21.7 Å². The Morgan fingerprint density at radius 2 is 2.00 bits per heavy atom. The van der Waals surface area contributed by atoms with Crippen molar-refractivity contribution in [1.82, 2.24) is 14.7 Å². The summed E-state index contributed by atoms with van der Waals surface area (Å²) in [7, 11) is 3.12. The number of nitrogens with zero attached hydrogens (tertiary/aromatic N) is 4. The van der Waals surface area contributed by atoms with E-state index >= 15 is 0 Å². The molecule has 0 unspecified atom stereocenters. The van der Waals surface area contributed by atoms with E-state index in [0.29, 0.717) is 22.5 Å². The highest BCUT2D eigenvalue weighted by atomic mass is 35.5. The highest BCUT2D eigenvalue weighted by Gasteiger charge is 2.36. The van der Waals surface area contributed by atoms with E-state index in [1.165, 1.54) is 7.05 Å². The fourth-order valence-corrected chi connectivity index (χ4v) is 2.93. The average Bonchev–Trinajstić information content (AvgIpc) is 2.69. The molecule has 4 nitrogen and oxygen atoms in total. The van der Waals surface area contributed by atoms with Crippen molar-refractivity contribution >= 4 is 17.3 Å². The molecule has 1 aromatic rings. The number of aromatic nitrogens is 2. The van der Waals surface area contributed by atoms with Gasteiger partial charge in [0.2, 0.25) is 0 Å². The fourth-order valence-electron chi connectivity index (χ4n) is 2.52. The minimum atomic E-state index is -3.11. The Labute approximate surface area is 132 Å². The molecule has 0 aromatic carbocycles. The van der Waals surface area contributed by atoms with Crippen molar-refractivity contribution < 1.29 is 8.78 Å². The van der Waals surface area contributed by atoms with Crippen molar-refractivity contribution in [2.45, 2.75) is 19.8 Å². The Bertz CT molecular complexity index is 760. The Morgan fingerprint density at radius 1 is 1.41 bits per heavy atom. The molecule has 2 rings (SSSR count). The first-order chi connectivity index (χ1) is 10.1. The molecule has 116 valence electrons. The number of allylic oxidation sites excluding steroid dienone is 3. The maximum Gasteiger partial charge on any atom is 0.288 e. The smallest absolute Gasteiger partial charge is 0.288 e. The third-order valence-corrected chi connectivity index (χ3v) is 3.89. The zero-order chi connectivity index (χ0) is 16.8. The monoisotopic (exact) mass is 324 g/mol. The van der Waals surface area contributed by atoms with E-state index in [1.54, 1.807) is 24.9 Å². The standard InChI is InChI=1S/C15H15ClF2N4/c1-8-6-10(7-19)9(2)21(4)13(8)12-11(16)14(15(3,17)18)22(5)20-12/h6H,2H2,1,3-5H3. The zero-order valence-electron chi connectivity index (χ0n) is 12.7. The molecule has 1 aromatic heterocycles. The van der Waals surface area contributed by atoms with Gasteiger partial charge in [-0.05, 0) is 18.6 Å². The number of halogens is 3. The maximum absolute atomic E-state index is 13.7. The molecule has 0 aliphatic carbocycles. The van der Waals surface area contributed by atoms with Crippen LogP contribution in [0.4, 0.5) is 8.78 Å². The van der Waals surface area contributed by atoms with Gasteiger partial charge < -0.3 is 4.90 Å². The topological polar surface area (TPSA) is 44.9 Å². The lowest BCUT2D eigenvalue weighted by molar-refractivity contribution is 0.00895.